The predicted octanol–water partition coefficient (Wildman–Crippen LogP) is 5.73. The van der Waals surface area contributed by atoms with Crippen molar-refractivity contribution in [3.8, 4) is 0 Å². The first-order chi connectivity index (χ1) is 11.0. The number of aliphatic hydroxyl groups is 1. The van der Waals surface area contributed by atoms with Crippen molar-refractivity contribution in [2.45, 2.75) is 91.1 Å². The van der Waals surface area contributed by atoms with Gasteiger partial charge in [-0.1, -0.05) is 25.5 Å². The van der Waals surface area contributed by atoms with Gasteiger partial charge in [-0.2, -0.15) is 0 Å². The van der Waals surface area contributed by atoms with Crippen molar-refractivity contribution < 1.29 is 5.11 Å². The molecule has 0 saturated heterocycles. The fourth-order valence-corrected chi connectivity index (χ4v) is 7.61. The molecule has 4 aliphatic rings. The van der Waals surface area contributed by atoms with E-state index in [0.29, 0.717) is 10.8 Å². The lowest BCUT2D eigenvalue weighted by Gasteiger charge is -2.62. The van der Waals surface area contributed by atoms with Crippen LogP contribution in [0.1, 0.15) is 85.0 Å². The Labute approximate surface area is 142 Å². The Hall–Kier alpha value is -0.300. The van der Waals surface area contributed by atoms with Crippen LogP contribution in [0.4, 0.5) is 0 Å². The molecule has 0 aromatic rings. The minimum Gasteiger partial charge on any atom is -0.393 e. The number of allylic oxidation sites excluding steroid dienone is 2. The first kappa shape index (κ1) is 16.2. The van der Waals surface area contributed by atoms with Crippen molar-refractivity contribution in [1.29, 1.82) is 0 Å². The molecule has 4 fully saturated rings. The Morgan fingerprint density at radius 1 is 1.00 bits per heavy atom. The summed E-state index contributed by atoms with van der Waals surface area (Å²) in [5, 5.41) is 10.1. The highest BCUT2D eigenvalue weighted by Crippen LogP contribution is 2.65. The van der Waals surface area contributed by atoms with Crippen LogP contribution in [0.2, 0.25) is 0 Å². The van der Waals surface area contributed by atoms with Crippen molar-refractivity contribution in [1.82, 2.24) is 0 Å². The van der Waals surface area contributed by atoms with Crippen LogP contribution in [-0.4, -0.2) is 11.2 Å². The van der Waals surface area contributed by atoms with E-state index in [-0.39, 0.29) is 6.10 Å². The van der Waals surface area contributed by atoms with Gasteiger partial charge in [0.05, 0.1) is 6.10 Å². The standard InChI is InChI=1S/C22H36O/c1-4-15-5-8-19-18-7-6-16-13-17(23)9-12-22(16,3)20(18)10-11-21(19,2)14-15/h4,16-20,23H,5-14H2,1-3H3/b15-4-/t16-,17-,18-,19-,20-,21+,22-/m0/s1. The van der Waals surface area contributed by atoms with E-state index in [2.05, 4.69) is 26.8 Å². The molecule has 1 N–H and O–H groups in total. The molecule has 0 aromatic carbocycles. The minimum absolute atomic E-state index is 0.00888. The summed E-state index contributed by atoms with van der Waals surface area (Å²) in [7, 11) is 0. The highest BCUT2D eigenvalue weighted by atomic mass is 16.3. The maximum absolute atomic E-state index is 10.1. The molecule has 4 rings (SSSR count). The zero-order chi connectivity index (χ0) is 16.2. The lowest BCUT2D eigenvalue weighted by molar-refractivity contribution is -0.132. The molecular formula is C22H36O. The second kappa shape index (κ2) is 5.61. The zero-order valence-corrected chi connectivity index (χ0v) is 15.5. The number of hydrogen-bond acceptors (Lipinski definition) is 1. The molecule has 0 unspecified atom stereocenters. The molecule has 0 radical (unpaired) electrons. The van der Waals surface area contributed by atoms with Crippen LogP contribution in [0, 0.1) is 34.5 Å². The minimum atomic E-state index is -0.00888. The molecule has 0 spiro atoms. The molecule has 0 amide bonds. The summed E-state index contributed by atoms with van der Waals surface area (Å²) in [5.74, 6) is 3.68. The van der Waals surface area contributed by atoms with E-state index >= 15 is 0 Å². The van der Waals surface area contributed by atoms with Gasteiger partial charge in [-0.05, 0) is 106 Å². The average Bonchev–Trinajstić information content (AvgIpc) is 2.54. The Bertz CT molecular complexity index is 494. The Morgan fingerprint density at radius 3 is 2.61 bits per heavy atom. The van der Waals surface area contributed by atoms with Gasteiger partial charge in [-0.15, -0.1) is 0 Å². The summed E-state index contributed by atoms with van der Waals surface area (Å²) in [4.78, 5) is 0. The van der Waals surface area contributed by atoms with Gasteiger partial charge < -0.3 is 5.11 Å². The summed E-state index contributed by atoms with van der Waals surface area (Å²) in [5.41, 5.74) is 2.84. The smallest absolute Gasteiger partial charge is 0.0543 e. The number of rotatable bonds is 0. The van der Waals surface area contributed by atoms with Crippen LogP contribution in [0.25, 0.3) is 0 Å². The fraction of sp³-hybridized carbons (Fsp3) is 0.909. The number of aliphatic hydroxyl groups excluding tert-OH is 1. The lowest BCUT2D eigenvalue weighted by Crippen LogP contribution is -2.54. The van der Waals surface area contributed by atoms with Crippen LogP contribution in [0.5, 0.6) is 0 Å². The quantitative estimate of drug-likeness (QED) is 0.566. The lowest BCUT2D eigenvalue weighted by atomic mass is 9.43. The van der Waals surface area contributed by atoms with E-state index in [9.17, 15) is 5.11 Å². The average molecular weight is 317 g/mol. The molecule has 1 heteroatoms. The predicted molar refractivity (Wildman–Crippen MR) is 96.1 cm³/mol. The van der Waals surface area contributed by atoms with Crippen LogP contribution >= 0.6 is 0 Å². The van der Waals surface area contributed by atoms with Crippen LogP contribution in [0.15, 0.2) is 11.6 Å². The molecule has 7 atom stereocenters. The third kappa shape index (κ3) is 2.44. The normalized spacial score (nSPS) is 55.0. The monoisotopic (exact) mass is 316 g/mol. The zero-order valence-electron chi connectivity index (χ0n) is 15.5. The summed E-state index contributed by atoms with van der Waals surface area (Å²) in [6, 6.07) is 0. The molecule has 4 aliphatic carbocycles. The molecule has 0 aliphatic heterocycles. The second-order valence-corrected chi connectivity index (χ2v) is 9.94. The Balaban J connectivity index is 1.59. The van der Waals surface area contributed by atoms with Gasteiger partial charge in [-0.3, -0.25) is 0 Å². The topological polar surface area (TPSA) is 20.2 Å². The maximum atomic E-state index is 10.1. The van der Waals surface area contributed by atoms with E-state index in [4.69, 9.17) is 0 Å². The second-order valence-electron chi connectivity index (χ2n) is 9.94. The Kier molecular flexibility index (Phi) is 3.95. The van der Waals surface area contributed by atoms with E-state index in [1.807, 2.05) is 0 Å². The summed E-state index contributed by atoms with van der Waals surface area (Å²) in [6.07, 6.45) is 15.7. The molecule has 1 nitrogen and oxygen atoms in total. The van der Waals surface area contributed by atoms with Crippen molar-refractivity contribution in [2.24, 2.45) is 34.5 Å². The number of fused-ring (bicyclic) bond motifs is 5. The molecular weight excluding hydrogens is 280 g/mol. The van der Waals surface area contributed by atoms with Crippen molar-refractivity contribution in [3.05, 3.63) is 11.6 Å². The molecule has 0 heterocycles. The van der Waals surface area contributed by atoms with Crippen LogP contribution in [-0.2, 0) is 0 Å². The van der Waals surface area contributed by atoms with Gasteiger partial charge >= 0.3 is 0 Å². The molecule has 130 valence electrons. The largest absolute Gasteiger partial charge is 0.393 e. The third-order valence-electron chi connectivity index (χ3n) is 8.97. The third-order valence-corrected chi connectivity index (χ3v) is 8.97. The Morgan fingerprint density at radius 2 is 1.83 bits per heavy atom. The van der Waals surface area contributed by atoms with Gasteiger partial charge in [0.2, 0.25) is 0 Å². The highest BCUT2D eigenvalue weighted by Gasteiger charge is 2.57. The van der Waals surface area contributed by atoms with Crippen LogP contribution in [0.3, 0.4) is 0 Å². The van der Waals surface area contributed by atoms with E-state index in [1.54, 1.807) is 5.57 Å². The van der Waals surface area contributed by atoms with E-state index in [1.165, 1.54) is 51.4 Å². The van der Waals surface area contributed by atoms with E-state index < -0.39 is 0 Å². The fourth-order valence-electron chi connectivity index (χ4n) is 7.61. The summed E-state index contributed by atoms with van der Waals surface area (Å²) < 4.78 is 0. The van der Waals surface area contributed by atoms with Gasteiger partial charge in [-0.25, -0.2) is 0 Å². The van der Waals surface area contributed by atoms with Crippen molar-refractivity contribution >= 4 is 0 Å². The molecule has 0 aromatic heterocycles. The first-order valence-electron chi connectivity index (χ1n) is 10.3. The molecule has 23 heavy (non-hydrogen) atoms. The van der Waals surface area contributed by atoms with Crippen molar-refractivity contribution in [2.75, 3.05) is 0 Å². The molecule has 0 bridgehead atoms. The van der Waals surface area contributed by atoms with Crippen molar-refractivity contribution in [3.63, 3.8) is 0 Å². The van der Waals surface area contributed by atoms with E-state index in [0.717, 1.165) is 36.5 Å². The van der Waals surface area contributed by atoms with Gasteiger partial charge in [0, 0.05) is 0 Å². The number of hydrogen-bond donors (Lipinski definition) is 1. The SMILES string of the molecule is C/C=C1/CC[C@H]2[C@@H]3CC[C@H]4C[C@@H](O)CC[C@]4(C)[C@H]3CC[C@]2(C)C1. The molecule has 4 saturated carbocycles. The van der Waals surface area contributed by atoms with Crippen LogP contribution < -0.4 is 0 Å². The maximum Gasteiger partial charge on any atom is 0.0543 e. The first-order valence-corrected chi connectivity index (χ1v) is 10.3. The highest BCUT2D eigenvalue weighted by molar-refractivity contribution is 5.14. The van der Waals surface area contributed by atoms with Gasteiger partial charge in [0.15, 0.2) is 0 Å². The van der Waals surface area contributed by atoms with Gasteiger partial charge in [0.25, 0.3) is 0 Å². The summed E-state index contributed by atoms with van der Waals surface area (Å²) in [6.45, 7) is 7.45. The summed E-state index contributed by atoms with van der Waals surface area (Å²) >= 11 is 0. The van der Waals surface area contributed by atoms with Gasteiger partial charge in [0.1, 0.15) is 0 Å².